The molecule has 0 aliphatic rings. The number of aliphatic imine (C=N–C) groups is 1. The van der Waals surface area contributed by atoms with E-state index in [1.807, 2.05) is 18.2 Å². The number of aromatic amines is 1. The number of guanidine groups is 1. The van der Waals surface area contributed by atoms with Crippen molar-refractivity contribution in [1.82, 2.24) is 15.6 Å². The first-order chi connectivity index (χ1) is 10.7. The number of aromatic nitrogens is 2. The van der Waals surface area contributed by atoms with Gasteiger partial charge in [0.2, 0.25) is 5.96 Å². The number of hydrogen-bond acceptors (Lipinski definition) is 4. The normalized spacial score (nSPS) is 12.2. The topological polar surface area (TPSA) is 101 Å². The fraction of sp³-hybridized carbons (Fsp3) is 0.400. The first-order valence-electron chi connectivity index (χ1n) is 7.35. The molecule has 0 fully saturated rings. The minimum atomic E-state index is 0.314. The molecule has 22 heavy (non-hydrogen) atoms. The van der Waals surface area contributed by atoms with Crippen LogP contribution in [0.1, 0.15) is 31.9 Å². The zero-order valence-electron chi connectivity index (χ0n) is 13.0. The molecule has 0 spiro atoms. The van der Waals surface area contributed by atoms with Crippen molar-refractivity contribution in [1.29, 1.82) is 0 Å². The molecule has 1 aromatic carbocycles. The van der Waals surface area contributed by atoms with E-state index in [4.69, 9.17) is 10.5 Å². The van der Waals surface area contributed by atoms with Crippen LogP contribution in [0.4, 0.5) is 0 Å². The van der Waals surface area contributed by atoms with Gasteiger partial charge in [-0.15, -0.1) is 0 Å². The molecule has 4 N–H and O–H groups in total. The van der Waals surface area contributed by atoms with Crippen LogP contribution in [0.15, 0.2) is 28.3 Å². The van der Waals surface area contributed by atoms with Crippen LogP contribution >= 0.6 is 0 Å². The van der Waals surface area contributed by atoms with Crippen molar-refractivity contribution >= 4 is 23.1 Å². The summed E-state index contributed by atoms with van der Waals surface area (Å²) in [6, 6.07) is 5.66. The number of benzene rings is 1. The van der Waals surface area contributed by atoms with E-state index < -0.39 is 0 Å². The second-order valence-corrected chi connectivity index (χ2v) is 4.86. The van der Waals surface area contributed by atoms with Crippen LogP contribution in [0, 0.1) is 0 Å². The molecule has 0 saturated carbocycles. The molecule has 0 amide bonds. The molecule has 0 radical (unpaired) electrons. The lowest BCUT2D eigenvalue weighted by Crippen LogP contribution is -2.27. The average Bonchev–Trinajstić information content (AvgIpc) is 2.94. The molecule has 1 aromatic heterocycles. The Morgan fingerprint density at radius 3 is 3.09 bits per heavy atom. The number of nitrogens with one attached hydrogen (secondary N) is 2. The van der Waals surface area contributed by atoms with Crippen molar-refractivity contribution < 1.29 is 4.74 Å². The zero-order chi connectivity index (χ0) is 15.8. The summed E-state index contributed by atoms with van der Waals surface area (Å²) in [6.07, 6.45) is 4.98. The van der Waals surface area contributed by atoms with Gasteiger partial charge in [0, 0.05) is 11.9 Å². The summed E-state index contributed by atoms with van der Waals surface area (Å²) < 4.78 is 5.21. The van der Waals surface area contributed by atoms with E-state index in [1.165, 1.54) is 0 Å². The number of methoxy groups -OCH3 is 1. The molecule has 1 heterocycles. The van der Waals surface area contributed by atoms with Gasteiger partial charge in [-0.25, -0.2) is 5.43 Å². The second kappa shape index (κ2) is 8.02. The van der Waals surface area contributed by atoms with Crippen molar-refractivity contribution in [2.45, 2.75) is 26.2 Å². The number of hydrogen-bond donors (Lipinski definition) is 3. The number of H-pyrrole nitrogens is 1. The number of unbranched alkanes of at least 4 members (excludes halogenated alkanes) is 2. The van der Waals surface area contributed by atoms with Gasteiger partial charge in [0.05, 0.1) is 24.5 Å². The van der Waals surface area contributed by atoms with Gasteiger partial charge in [-0.05, 0) is 24.6 Å². The van der Waals surface area contributed by atoms with Crippen LogP contribution in [0.5, 0.6) is 5.75 Å². The van der Waals surface area contributed by atoms with E-state index in [1.54, 1.807) is 13.3 Å². The Balaban J connectivity index is 1.98. The monoisotopic (exact) mass is 302 g/mol. The highest BCUT2D eigenvalue weighted by Gasteiger charge is 2.04. The maximum atomic E-state index is 5.73. The van der Waals surface area contributed by atoms with E-state index in [2.05, 4.69) is 32.6 Å². The Labute approximate surface area is 129 Å². The lowest BCUT2D eigenvalue weighted by atomic mass is 10.2. The number of nitrogens with zero attached hydrogens (tertiary/aromatic N) is 3. The number of rotatable bonds is 7. The van der Waals surface area contributed by atoms with Crippen molar-refractivity contribution in [2.24, 2.45) is 15.8 Å². The lowest BCUT2D eigenvalue weighted by Gasteiger charge is -2.00. The standard InChI is InChI=1S/C15H22N6O/c1-3-4-5-8-17-15(16)21-18-10-14-12-9-11(22-2)6-7-13(12)19-20-14/h6-7,9-10H,3-5,8H2,1-2H3,(H,19,20)(H3,16,17,21)/b18-10+. The molecular weight excluding hydrogens is 280 g/mol. The predicted molar refractivity (Wildman–Crippen MR) is 89.4 cm³/mol. The fourth-order valence-corrected chi connectivity index (χ4v) is 1.99. The Morgan fingerprint density at radius 1 is 1.45 bits per heavy atom. The van der Waals surface area contributed by atoms with Gasteiger partial charge >= 0.3 is 0 Å². The summed E-state index contributed by atoms with van der Waals surface area (Å²) in [6.45, 7) is 2.87. The lowest BCUT2D eigenvalue weighted by molar-refractivity contribution is 0.415. The van der Waals surface area contributed by atoms with Gasteiger partial charge in [-0.3, -0.25) is 10.1 Å². The molecule has 2 rings (SSSR count). The molecule has 118 valence electrons. The van der Waals surface area contributed by atoms with Gasteiger partial charge in [0.25, 0.3) is 0 Å². The number of hydrazone groups is 1. The first-order valence-corrected chi connectivity index (χ1v) is 7.35. The number of nitrogens with two attached hydrogens (primary N) is 1. The Hall–Kier alpha value is -2.57. The van der Waals surface area contributed by atoms with E-state index in [0.29, 0.717) is 12.5 Å². The third kappa shape index (κ3) is 4.21. The molecule has 0 atom stereocenters. The Bertz CT molecular complexity index is 661. The van der Waals surface area contributed by atoms with E-state index >= 15 is 0 Å². The third-order valence-corrected chi connectivity index (χ3v) is 3.21. The van der Waals surface area contributed by atoms with E-state index in [0.717, 1.165) is 41.6 Å². The molecule has 7 heteroatoms. The van der Waals surface area contributed by atoms with Crippen LogP contribution < -0.4 is 15.9 Å². The molecule has 7 nitrogen and oxygen atoms in total. The van der Waals surface area contributed by atoms with Gasteiger partial charge in [-0.1, -0.05) is 19.8 Å². The largest absolute Gasteiger partial charge is 0.497 e. The molecular formula is C15H22N6O. The average molecular weight is 302 g/mol. The van der Waals surface area contributed by atoms with Gasteiger partial charge < -0.3 is 10.5 Å². The van der Waals surface area contributed by atoms with Crippen LogP contribution in [-0.4, -0.2) is 36.0 Å². The van der Waals surface area contributed by atoms with Crippen LogP contribution in [-0.2, 0) is 0 Å². The fourth-order valence-electron chi connectivity index (χ4n) is 1.99. The molecule has 0 aliphatic heterocycles. The highest BCUT2D eigenvalue weighted by Crippen LogP contribution is 2.20. The highest BCUT2D eigenvalue weighted by molar-refractivity contribution is 5.97. The number of ether oxygens (including phenoxy) is 1. The summed E-state index contributed by atoms with van der Waals surface area (Å²) in [5.41, 5.74) is 10.1. The Morgan fingerprint density at radius 2 is 2.32 bits per heavy atom. The summed E-state index contributed by atoms with van der Waals surface area (Å²) >= 11 is 0. The SMILES string of the molecule is CCCCCN=C(N)N/N=C/c1[nH]nc2ccc(OC)cc12. The summed E-state index contributed by atoms with van der Waals surface area (Å²) in [4.78, 5) is 4.19. The minimum absolute atomic E-state index is 0.314. The van der Waals surface area contributed by atoms with E-state index in [-0.39, 0.29) is 0 Å². The maximum Gasteiger partial charge on any atom is 0.209 e. The van der Waals surface area contributed by atoms with Crippen LogP contribution in [0.2, 0.25) is 0 Å². The van der Waals surface area contributed by atoms with Crippen molar-refractivity contribution in [2.75, 3.05) is 13.7 Å². The van der Waals surface area contributed by atoms with Crippen molar-refractivity contribution in [3.8, 4) is 5.75 Å². The van der Waals surface area contributed by atoms with Crippen molar-refractivity contribution in [3.05, 3.63) is 23.9 Å². The molecule has 0 saturated heterocycles. The smallest absolute Gasteiger partial charge is 0.209 e. The van der Waals surface area contributed by atoms with Crippen molar-refractivity contribution in [3.63, 3.8) is 0 Å². The van der Waals surface area contributed by atoms with Crippen LogP contribution in [0.3, 0.4) is 0 Å². The predicted octanol–water partition coefficient (Wildman–Crippen LogP) is 2.00. The Kier molecular flexibility index (Phi) is 5.76. The summed E-state index contributed by atoms with van der Waals surface area (Å²) in [7, 11) is 1.63. The summed E-state index contributed by atoms with van der Waals surface area (Å²) in [5.74, 6) is 1.09. The van der Waals surface area contributed by atoms with Gasteiger partial charge in [0.1, 0.15) is 5.75 Å². The van der Waals surface area contributed by atoms with E-state index in [9.17, 15) is 0 Å². The highest BCUT2D eigenvalue weighted by atomic mass is 16.5. The third-order valence-electron chi connectivity index (χ3n) is 3.21. The molecule has 0 unspecified atom stereocenters. The van der Waals surface area contributed by atoms with Gasteiger partial charge in [-0.2, -0.15) is 10.2 Å². The van der Waals surface area contributed by atoms with Gasteiger partial charge in [0.15, 0.2) is 0 Å². The maximum absolute atomic E-state index is 5.73. The second-order valence-electron chi connectivity index (χ2n) is 4.86. The summed E-state index contributed by atoms with van der Waals surface area (Å²) in [5, 5.41) is 12.1. The molecule has 2 aromatic rings. The quantitative estimate of drug-likeness (QED) is 0.315. The molecule has 0 bridgehead atoms. The minimum Gasteiger partial charge on any atom is -0.497 e. The molecule has 0 aliphatic carbocycles. The van der Waals surface area contributed by atoms with Crippen LogP contribution in [0.25, 0.3) is 10.9 Å². The zero-order valence-corrected chi connectivity index (χ0v) is 13.0. The first kappa shape index (κ1) is 15.8. The number of fused-ring (bicyclic) bond motifs is 1.